The van der Waals surface area contributed by atoms with Gasteiger partial charge in [-0.3, -0.25) is 38.9 Å². The number of aromatic nitrogens is 2. The second-order valence-electron chi connectivity index (χ2n) is 21.7. The van der Waals surface area contributed by atoms with E-state index in [1.807, 2.05) is 60.9 Å². The SMILES string of the molecule is CC.CCCCCN(N)C(=O)[C@@H](C)NC(=O)C(C(C)C)N(C)C(=O)C1CCN(C(=O)C#CC(C)(C)N(C)C(C)C)CC1.CCn1c(-c2cccnc2COC)c(CC(C)(C)COC=O)c2cc(N3CCOCC3)ccc21. The van der Waals surface area contributed by atoms with Gasteiger partial charge in [-0.15, -0.1) is 0 Å². The molecule has 424 valence electrons. The highest BCUT2D eigenvalue weighted by Gasteiger charge is 2.37. The molecule has 4 heterocycles. The molecule has 4 amide bonds. The van der Waals surface area contributed by atoms with E-state index in [1.165, 1.54) is 27.1 Å². The summed E-state index contributed by atoms with van der Waals surface area (Å²) in [6, 6.07) is 9.63. The van der Waals surface area contributed by atoms with Crippen molar-refractivity contribution in [3.63, 3.8) is 0 Å². The van der Waals surface area contributed by atoms with E-state index in [9.17, 15) is 24.0 Å². The van der Waals surface area contributed by atoms with Crippen molar-refractivity contribution in [1.82, 2.24) is 34.6 Å². The second kappa shape index (κ2) is 31.0. The summed E-state index contributed by atoms with van der Waals surface area (Å²) in [5.41, 5.74) is 6.14. The van der Waals surface area contributed by atoms with Crippen molar-refractivity contribution in [2.45, 2.75) is 165 Å². The van der Waals surface area contributed by atoms with Crippen molar-refractivity contribution >= 4 is 46.7 Å². The van der Waals surface area contributed by atoms with Crippen molar-refractivity contribution in [3.8, 4) is 23.1 Å². The summed E-state index contributed by atoms with van der Waals surface area (Å²) in [6.45, 7) is 32.8. The predicted octanol–water partition coefficient (Wildman–Crippen LogP) is 7.70. The highest BCUT2D eigenvalue weighted by Crippen LogP contribution is 2.40. The van der Waals surface area contributed by atoms with E-state index in [4.69, 9.17) is 20.1 Å². The highest BCUT2D eigenvalue weighted by molar-refractivity contribution is 5.96. The third-order valence-corrected chi connectivity index (χ3v) is 14.4. The number of pyridine rings is 1. The van der Waals surface area contributed by atoms with Crippen LogP contribution in [0.4, 0.5) is 5.69 Å². The molecule has 0 saturated carbocycles. The summed E-state index contributed by atoms with van der Waals surface area (Å²) in [5.74, 6) is 10.2. The maximum Gasteiger partial charge on any atom is 0.298 e. The number of ether oxygens (including phenoxy) is 3. The van der Waals surface area contributed by atoms with Crippen LogP contribution < -0.4 is 16.1 Å². The molecule has 5 rings (SSSR count). The first-order valence-corrected chi connectivity index (χ1v) is 27.7. The number of methoxy groups -OCH3 is 1. The van der Waals surface area contributed by atoms with Crippen LogP contribution in [-0.4, -0.2) is 157 Å². The third kappa shape index (κ3) is 17.8. The lowest BCUT2D eigenvalue weighted by Gasteiger charge is -2.36. The van der Waals surface area contributed by atoms with E-state index in [2.05, 4.69) is 102 Å². The van der Waals surface area contributed by atoms with Crippen LogP contribution in [-0.2, 0) is 57.8 Å². The minimum atomic E-state index is -0.801. The van der Waals surface area contributed by atoms with Crippen LogP contribution >= 0.6 is 0 Å². The van der Waals surface area contributed by atoms with Crippen LogP contribution in [0.25, 0.3) is 22.2 Å². The van der Waals surface area contributed by atoms with Crippen molar-refractivity contribution < 1.29 is 38.2 Å². The number of morpholine rings is 1. The van der Waals surface area contributed by atoms with Gasteiger partial charge in [-0.2, -0.15) is 0 Å². The average Bonchev–Trinajstić information content (AvgIpc) is 3.71. The fourth-order valence-electron chi connectivity index (χ4n) is 9.89. The van der Waals surface area contributed by atoms with E-state index in [0.29, 0.717) is 58.2 Å². The second-order valence-corrected chi connectivity index (χ2v) is 21.7. The first-order valence-electron chi connectivity index (χ1n) is 27.7. The van der Waals surface area contributed by atoms with Crippen molar-refractivity contribution in [1.29, 1.82) is 0 Å². The molecule has 0 bridgehead atoms. The van der Waals surface area contributed by atoms with Gasteiger partial charge < -0.3 is 38.8 Å². The van der Waals surface area contributed by atoms with Crippen molar-refractivity contribution in [2.75, 3.05) is 78.6 Å². The quantitative estimate of drug-likeness (QED) is 0.0250. The molecule has 0 radical (unpaired) electrons. The molecule has 2 aliphatic rings. The number of amides is 4. The van der Waals surface area contributed by atoms with Crippen molar-refractivity contribution in [3.05, 3.63) is 47.8 Å². The van der Waals surface area contributed by atoms with E-state index in [-0.39, 0.29) is 40.9 Å². The molecule has 0 spiro atoms. The molecule has 2 aliphatic heterocycles. The van der Waals surface area contributed by atoms with Gasteiger partial charge in [0.2, 0.25) is 11.8 Å². The normalized spacial score (nSPS) is 14.9. The van der Waals surface area contributed by atoms with Gasteiger partial charge in [-0.25, -0.2) is 5.84 Å². The lowest BCUT2D eigenvalue weighted by atomic mass is 9.84. The van der Waals surface area contributed by atoms with Crippen LogP contribution in [0.5, 0.6) is 0 Å². The number of carbonyl (C=O) groups excluding carboxylic acids is 5. The third-order valence-electron chi connectivity index (χ3n) is 14.4. The zero-order valence-electron chi connectivity index (χ0n) is 49.2. The van der Waals surface area contributed by atoms with Gasteiger partial charge in [0.05, 0.1) is 43.4 Å². The number of anilines is 1. The molecule has 2 fully saturated rings. The number of benzene rings is 1. The molecule has 1 unspecified atom stereocenters. The Balaban J connectivity index is 0.000000391. The number of likely N-dealkylation sites (tertiary alicyclic amines) is 1. The van der Waals surface area contributed by atoms with Crippen LogP contribution in [0.2, 0.25) is 0 Å². The number of fused-ring (bicyclic) bond motifs is 1. The molecule has 1 aromatic carbocycles. The number of hydrogen-bond donors (Lipinski definition) is 2. The van der Waals surface area contributed by atoms with Gasteiger partial charge in [0.15, 0.2) is 0 Å². The smallest absolute Gasteiger partial charge is 0.298 e. The van der Waals surface area contributed by atoms with Crippen molar-refractivity contribution in [2.24, 2.45) is 23.1 Å². The Kier molecular flexibility index (Phi) is 26.4. The van der Waals surface area contributed by atoms with Crippen LogP contribution in [0.15, 0.2) is 36.5 Å². The summed E-state index contributed by atoms with van der Waals surface area (Å²) in [4.78, 5) is 75.3. The molecule has 2 atom stereocenters. The number of nitrogens with two attached hydrogens (primary N) is 1. The van der Waals surface area contributed by atoms with Crippen LogP contribution in [0, 0.1) is 29.1 Å². The average molecular weight is 1060 g/mol. The molecule has 3 N–H and O–H groups in total. The summed E-state index contributed by atoms with van der Waals surface area (Å²) in [5, 5.41) is 5.14. The number of rotatable bonds is 22. The molecule has 2 saturated heterocycles. The summed E-state index contributed by atoms with van der Waals surface area (Å²) >= 11 is 0. The number of hydrazine groups is 1. The van der Waals surface area contributed by atoms with Gasteiger partial charge >= 0.3 is 0 Å². The Bertz CT molecular complexity index is 2390. The van der Waals surface area contributed by atoms with E-state index >= 15 is 0 Å². The summed E-state index contributed by atoms with van der Waals surface area (Å²) in [6.07, 6.45) is 6.37. The van der Waals surface area contributed by atoms with Crippen LogP contribution in [0.3, 0.4) is 0 Å². The number of aryl methyl sites for hydroxylation is 1. The number of carbonyl (C=O) groups is 5. The first kappa shape index (κ1) is 64.7. The number of unbranched alkanes of at least 4 members (excludes halogenated alkanes) is 2. The molecular formula is C59H95N9O8. The standard InChI is InChI=1S/C30H54N6O4.C27H35N3O4.C2H6/c1-11-12-13-18-36(31)28(39)23(6)32-27(38)26(21(2)3)33(9)29(40)24-15-19-35(20-16-24)25(37)14-17-30(7,8)34(10)22(4)5;1-5-30-25-9-8-20(29-11-13-33-14-12-29)15-22(25)23(16-27(2,3)18-34-19-31)26(30)21-7-6-10-28-24(21)17-32-4;1-2/h21-24,26H,11-13,15-16,18-20,31H2,1-10H3,(H,32,38);6-10,15,19H,5,11-14,16-18H2,1-4H3;1-2H3/t23-,26?;;/m1../s1. The zero-order valence-corrected chi connectivity index (χ0v) is 49.2. The van der Waals surface area contributed by atoms with E-state index < -0.39 is 17.6 Å². The fraction of sp³-hybridized carbons (Fsp3) is 0.661. The molecule has 0 aliphatic carbocycles. The van der Waals surface area contributed by atoms with Crippen LogP contribution in [0.1, 0.15) is 133 Å². The molecule has 17 heteroatoms. The van der Waals surface area contributed by atoms with Gasteiger partial charge in [0.1, 0.15) is 12.1 Å². The van der Waals surface area contributed by atoms with E-state index in [0.717, 1.165) is 80.5 Å². The molecule has 3 aromatic rings. The number of nitrogens with zero attached hydrogens (tertiary/aromatic N) is 7. The van der Waals surface area contributed by atoms with Gasteiger partial charge in [0, 0.05) is 99.2 Å². The highest BCUT2D eigenvalue weighted by atomic mass is 16.5. The van der Waals surface area contributed by atoms with Gasteiger partial charge in [-0.05, 0) is 122 Å². The first-order chi connectivity index (χ1) is 36.0. The molecule has 17 nitrogen and oxygen atoms in total. The summed E-state index contributed by atoms with van der Waals surface area (Å²) < 4.78 is 18.6. The lowest BCUT2D eigenvalue weighted by Crippen LogP contribution is -2.57. The molecule has 2 aromatic heterocycles. The minimum absolute atomic E-state index is 0.134. The molecular weight excluding hydrogens is 963 g/mol. The minimum Gasteiger partial charge on any atom is -0.467 e. The fourth-order valence-corrected chi connectivity index (χ4v) is 9.89. The van der Waals surface area contributed by atoms with Gasteiger partial charge in [0.25, 0.3) is 18.3 Å². The Morgan fingerprint density at radius 1 is 0.974 bits per heavy atom. The Hall–Kier alpha value is -5.54. The molecule has 76 heavy (non-hydrogen) atoms. The van der Waals surface area contributed by atoms with E-state index in [1.54, 1.807) is 26.0 Å². The largest absolute Gasteiger partial charge is 0.467 e. The number of piperidine rings is 1. The maximum absolute atomic E-state index is 13.4. The predicted molar refractivity (Wildman–Crippen MR) is 304 cm³/mol. The number of nitrogens with one attached hydrogen (secondary N) is 1. The number of hydrogen-bond acceptors (Lipinski definition) is 12. The Morgan fingerprint density at radius 2 is 1.63 bits per heavy atom. The zero-order chi connectivity index (χ0) is 56.9. The lowest BCUT2D eigenvalue weighted by molar-refractivity contribution is -0.146. The monoisotopic (exact) mass is 1060 g/mol. The Morgan fingerprint density at radius 3 is 2.21 bits per heavy atom. The van der Waals surface area contributed by atoms with Gasteiger partial charge in [-0.1, -0.05) is 67.2 Å². The Labute approximate surface area is 455 Å². The number of likely N-dealkylation sites (N-methyl/N-ethyl adjacent to an activating group) is 1. The summed E-state index contributed by atoms with van der Waals surface area (Å²) in [7, 11) is 5.32. The maximum atomic E-state index is 13.4. The topological polar surface area (TPSA) is 185 Å².